The van der Waals surface area contributed by atoms with Crippen LogP contribution in [-0.4, -0.2) is 68.6 Å². The molecule has 1 fully saturated rings. The zero-order chi connectivity index (χ0) is 20.0. The van der Waals surface area contributed by atoms with E-state index < -0.39 is 5.41 Å². The van der Waals surface area contributed by atoms with Crippen molar-refractivity contribution < 1.29 is 19.1 Å². The predicted octanol–water partition coefficient (Wildman–Crippen LogP) is 1.75. The molecule has 7 nitrogen and oxygen atoms in total. The molecular weight excluding hydrogens is 346 g/mol. The van der Waals surface area contributed by atoms with Crippen molar-refractivity contribution in [3.8, 4) is 11.5 Å². The Hall–Kier alpha value is -2.28. The van der Waals surface area contributed by atoms with Gasteiger partial charge in [-0.1, -0.05) is 13.8 Å². The summed E-state index contributed by atoms with van der Waals surface area (Å²) in [5.41, 5.74) is 5.93. The largest absolute Gasteiger partial charge is 0.497 e. The lowest BCUT2D eigenvalue weighted by molar-refractivity contribution is -0.143. The van der Waals surface area contributed by atoms with Crippen molar-refractivity contribution in [2.24, 2.45) is 11.1 Å². The minimum absolute atomic E-state index is 0.0876. The molecule has 1 aliphatic rings. The minimum Gasteiger partial charge on any atom is -0.497 e. The number of carbonyl (C=O) groups is 2. The summed E-state index contributed by atoms with van der Waals surface area (Å²) in [4.78, 5) is 29.4. The highest BCUT2D eigenvalue weighted by Gasteiger charge is 2.38. The second kappa shape index (κ2) is 9.08. The Morgan fingerprint density at radius 3 is 1.85 bits per heavy atom. The standard InChI is InChI=1S/C20H31N3O4/c1-5-20(6-2,14-21)19(25)23-9-7-22(8-10-23)18(24)15-11-16(26-3)13-17(12-15)27-4/h11-13H,5-10,14,21H2,1-4H3. The van der Waals surface area contributed by atoms with Gasteiger partial charge in [0, 0.05) is 44.4 Å². The molecule has 7 heteroatoms. The maximum absolute atomic E-state index is 12.9. The molecule has 0 aromatic heterocycles. The molecule has 1 aromatic rings. The van der Waals surface area contributed by atoms with Gasteiger partial charge >= 0.3 is 0 Å². The number of ether oxygens (including phenoxy) is 2. The van der Waals surface area contributed by atoms with Gasteiger partial charge in [0.25, 0.3) is 5.91 Å². The zero-order valence-corrected chi connectivity index (χ0v) is 16.8. The smallest absolute Gasteiger partial charge is 0.254 e. The van der Waals surface area contributed by atoms with Gasteiger partial charge in [-0.3, -0.25) is 9.59 Å². The second-order valence-corrected chi connectivity index (χ2v) is 6.88. The quantitative estimate of drug-likeness (QED) is 0.783. The highest BCUT2D eigenvalue weighted by Crippen LogP contribution is 2.29. The van der Waals surface area contributed by atoms with E-state index >= 15 is 0 Å². The van der Waals surface area contributed by atoms with Crippen LogP contribution in [-0.2, 0) is 4.79 Å². The topological polar surface area (TPSA) is 85.1 Å². The van der Waals surface area contributed by atoms with Gasteiger partial charge in [0.05, 0.1) is 19.6 Å². The monoisotopic (exact) mass is 377 g/mol. The molecule has 2 N–H and O–H groups in total. The third-order valence-electron chi connectivity index (χ3n) is 5.65. The van der Waals surface area contributed by atoms with E-state index in [1.54, 1.807) is 37.3 Å². The Kier molecular flexibility index (Phi) is 7.07. The van der Waals surface area contributed by atoms with Crippen LogP contribution in [0, 0.1) is 5.41 Å². The number of amides is 2. The van der Waals surface area contributed by atoms with Gasteiger partial charge in [-0.05, 0) is 25.0 Å². The minimum atomic E-state index is -0.494. The number of hydrogen-bond donors (Lipinski definition) is 1. The van der Waals surface area contributed by atoms with Crippen molar-refractivity contribution in [3.63, 3.8) is 0 Å². The number of nitrogens with zero attached hydrogens (tertiary/aromatic N) is 2. The normalized spacial score (nSPS) is 14.9. The van der Waals surface area contributed by atoms with Crippen molar-refractivity contribution in [1.82, 2.24) is 9.80 Å². The Morgan fingerprint density at radius 1 is 0.963 bits per heavy atom. The molecule has 0 bridgehead atoms. The maximum atomic E-state index is 12.9. The average molecular weight is 377 g/mol. The number of carbonyl (C=O) groups excluding carboxylic acids is 2. The van der Waals surface area contributed by atoms with Crippen LogP contribution in [0.2, 0.25) is 0 Å². The summed E-state index contributed by atoms with van der Waals surface area (Å²) in [5.74, 6) is 1.16. The van der Waals surface area contributed by atoms with Gasteiger partial charge < -0.3 is 25.0 Å². The fourth-order valence-corrected chi connectivity index (χ4v) is 3.49. The van der Waals surface area contributed by atoms with E-state index in [-0.39, 0.29) is 11.8 Å². The molecule has 1 aromatic carbocycles. The molecule has 0 atom stereocenters. The summed E-state index contributed by atoms with van der Waals surface area (Å²) in [6.07, 6.45) is 1.45. The van der Waals surface area contributed by atoms with Gasteiger partial charge in [0.2, 0.25) is 5.91 Å². The summed E-state index contributed by atoms with van der Waals surface area (Å²) in [5, 5.41) is 0. The molecule has 2 rings (SSSR count). The Labute approximate surface area is 161 Å². The van der Waals surface area contributed by atoms with Crippen molar-refractivity contribution in [1.29, 1.82) is 0 Å². The summed E-state index contributed by atoms with van der Waals surface area (Å²) < 4.78 is 10.5. The van der Waals surface area contributed by atoms with E-state index in [0.29, 0.717) is 49.8 Å². The molecule has 1 heterocycles. The lowest BCUT2D eigenvalue weighted by Crippen LogP contribution is -2.55. The third kappa shape index (κ3) is 4.35. The molecule has 1 aliphatic heterocycles. The van der Waals surface area contributed by atoms with E-state index in [1.807, 2.05) is 18.7 Å². The second-order valence-electron chi connectivity index (χ2n) is 6.88. The molecular formula is C20H31N3O4. The molecule has 0 unspecified atom stereocenters. The molecule has 0 saturated carbocycles. The number of methoxy groups -OCH3 is 2. The van der Waals surface area contributed by atoms with E-state index in [2.05, 4.69) is 0 Å². The number of nitrogens with two attached hydrogens (primary N) is 1. The number of hydrogen-bond acceptors (Lipinski definition) is 5. The predicted molar refractivity (Wildman–Crippen MR) is 104 cm³/mol. The van der Waals surface area contributed by atoms with Crippen LogP contribution in [0.1, 0.15) is 37.0 Å². The van der Waals surface area contributed by atoms with Crippen LogP contribution in [0.5, 0.6) is 11.5 Å². The van der Waals surface area contributed by atoms with Gasteiger partial charge in [0.1, 0.15) is 11.5 Å². The molecule has 150 valence electrons. The van der Waals surface area contributed by atoms with E-state index in [9.17, 15) is 9.59 Å². The van der Waals surface area contributed by atoms with E-state index in [0.717, 1.165) is 12.8 Å². The molecule has 0 aliphatic carbocycles. The molecule has 0 radical (unpaired) electrons. The van der Waals surface area contributed by atoms with Gasteiger partial charge in [-0.15, -0.1) is 0 Å². The van der Waals surface area contributed by atoms with Crippen molar-refractivity contribution in [2.45, 2.75) is 26.7 Å². The van der Waals surface area contributed by atoms with Gasteiger partial charge in [-0.2, -0.15) is 0 Å². The molecule has 27 heavy (non-hydrogen) atoms. The van der Waals surface area contributed by atoms with Crippen LogP contribution in [0.15, 0.2) is 18.2 Å². The van der Waals surface area contributed by atoms with Crippen LogP contribution < -0.4 is 15.2 Å². The van der Waals surface area contributed by atoms with Crippen molar-refractivity contribution >= 4 is 11.8 Å². The molecule has 2 amide bonds. The first-order valence-electron chi connectivity index (χ1n) is 9.46. The third-order valence-corrected chi connectivity index (χ3v) is 5.65. The first-order valence-corrected chi connectivity index (χ1v) is 9.46. The lowest BCUT2D eigenvalue weighted by atomic mass is 9.81. The average Bonchev–Trinajstić information content (AvgIpc) is 2.74. The van der Waals surface area contributed by atoms with Crippen LogP contribution in [0.3, 0.4) is 0 Å². The van der Waals surface area contributed by atoms with E-state index in [4.69, 9.17) is 15.2 Å². The first kappa shape index (κ1) is 21.0. The SMILES string of the molecule is CCC(CC)(CN)C(=O)N1CCN(C(=O)c2cc(OC)cc(OC)c2)CC1. The van der Waals surface area contributed by atoms with Crippen LogP contribution in [0.25, 0.3) is 0 Å². The summed E-state index contributed by atoms with van der Waals surface area (Å²) >= 11 is 0. The Morgan fingerprint density at radius 2 is 1.44 bits per heavy atom. The zero-order valence-electron chi connectivity index (χ0n) is 16.8. The molecule has 1 saturated heterocycles. The molecule has 0 spiro atoms. The van der Waals surface area contributed by atoms with Crippen molar-refractivity contribution in [2.75, 3.05) is 46.9 Å². The lowest BCUT2D eigenvalue weighted by Gasteiger charge is -2.40. The maximum Gasteiger partial charge on any atom is 0.254 e. The Balaban J connectivity index is 2.07. The highest BCUT2D eigenvalue weighted by atomic mass is 16.5. The van der Waals surface area contributed by atoms with Gasteiger partial charge in [-0.25, -0.2) is 0 Å². The number of rotatable bonds is 7. The highest BCUT2D eigenvalue weighted by molar-refractivity contribution is 5.95. The first-order chi connectivity index (χ1) is 12.9. The van der Waals surface area contributed by atoms with Crippen LogP contribution in [0.4, 0.5) is 0 Å². The summed E-state index contributed by atoms with van der Waals surface area (Å²) in [6.45, 7) is 6.40. The van der Waals surface area contributed by atoms with Gasteiger partial charge in [0.15, 0.2) is 0 Å². The number of piperazine rings is 1. The van der Waals surface area contributed by atoms with Crippen LogP contribution >= 0.6 is 0 Å². The fraction of sp³-hybridized carbons (Fsp3) is 0.600. The van der Waals surface area contributed by atoms with E-state index in [1.165, 1.54) is 0 Å². The summed E-state index contributed by atoms with van der Waals surface area (Å²) in [7, 11) is 3.11. The Bertz CT molecular complexity index is 635. The summed E-state index contributed by atoms with van der Waals surface area (Å²) in [6, 6.07) is 5.14. The fourth-order valence-electron chi connectivity index (χ4n) is 3.49. The van der Waals surface area contributed by atoms with Crippen molar-refractivity contribution in [3.05, 3.63) is 23.8 Å². The number of benzene rings is 1.